The van der Waals surface area contributed by atoms with Crippen molar-refractivity contribution < 1.29 is 53.4 Å². The lowest BCUT2D eigenvalue weighted by Gasteiger charge is -2.33. The van der Waals surface area contributed by atoms with Crippen LogP contribution < -0.4 is 38.5 Å². The number of carboxylic acid groups (broad SMARTS) is 1. The van der Waals surface area contributed by atoms with Crippen molar-refractivity contribution in [3.8, 4) is 0 Å². The van der Waals surface area contributed by atoms with Gasteiger partial charge in [-0.15, -0.1) is 0 Å². The largest absolute Gasteiger partial charge is 0.480 e. The van der Waals surface area contributed by atoms with Crippen LogP contribution in [-0.2, 0) is 49.6 Å². The molecule has 20 nitrogen and oxygen atoms in total. The maximum absolute atomic E-state index is 14.5. The minimum absolute atomic E-state index is 0.0102. The fourth-order valence-electron chi connectivity index (χ4n) is 7.13. The standard InChI is InChI=1S/C39H59N9O11/c1-21(2)19-26(45-33(52)24(13-15-30(40)50)43-36(55)32(42)22(3)49)34(53)46-27(20-23-9-5-4-6-10-23)37(56)48-18-8-12-29(48)38(57)47-17-7-11-28(47)35(54)44-25(39(58)59)14-16-31(41)51/h4-6,9-10,21-22,24-29,32,49H,7-8,11-20,42H2,1-3H3,(H2,40,50)(H2,41,51)(H,43,55)(H,44,54)(H,45,52)(H,46,53)(H,58,59)/t22-,24+,25+,26+,27+,28+,29+,32+/m1/s1. The molecule has 0 unspecified atom stereocenters. The average Bonchev–Trinajstić information content (AvgIpc) is 3.87. The number of carbonyl (C=O) groups is 9. The molecule has 326 valence electrons. The van der Waals surface area contributed by atoms with E-state index < -0.39 is 102 Å². The SMILES string of the molecule is CC(C)C[C@H](NC(=O)[C@H](CCC(N)=O)NC(=O)[C@@H](N)[C@@H](C)O)C(=O)N[C@@H](Cc1ccccc1)C(=O)N1CCC[C@H]1C(=O)N1CCC[C@H]1C(=O)N[C@@H](CCC(N)=O)C(=O)O. The first kappa shape index (κ1) is 47.7. The summed E-state index contributed by atoms with van der Waals surface area (Å²) in [6.07, 6.45) is -0.786. The molecule has 0 aliphatic carbocycles. The molecule has 12 N–H and O–H groups in total. The number of carbonyl (C=O) groups excluding carboxylic acids is 8. The van der Waals surface area contributed by atoms with Gasteiger partial charge >= 0.3 is 5.97 Å². The number of hydrogen-bond acceptors (Lipinski definition) is 11. The molecule has 2 aliphatic rings. The van der Waals surface area contributed by atoms with Gasteiger partial charge < -0.3 is 58.5 Å². The minimum Gasteiger partial charge on any atom is -0.480 e. The maximum atomic E-state index is 14.5. The Morgan fingerprint density at radius 3 is 1.80 bits per heavy atom. The topological polar surface area (TPSA) is 327 Å². The summed E-state index contributed by atoms with van der Waals surface area (Å²) in [5.41, 5.74) is 16.9. The number of nitrogens with zero attached hydrogens (tertiary/aromatic N) is 2. The number of aliphatic carboxylic acids is 1. The van der Waals surface area contributed by atoms with Crippen LogP contribution in [0.25, 0.3) is 0 Å². The molecule has 0 saturated carbocycles. The fraction of sp³-hybridized carbons (Fsp3) is 0.615. The number of rotatable bonds is 22. The Morgan fingerprint density at radius 1 is 0.712 bits per heavy atom. The van der Waals surface area contributed by atoms with Crippen molar-refractivity contribution >= 4 is 53.2 Å². The molecule has 0 radical (unpaired) electrons. The highest BCUT2D eigenvalue weighted by Gasteiger charge is 2.44. The summed E-state index contributed by atoms with van der Waals surface area (Å²) in [6.45, 7) is 5.25. The molecule has 8 amide bonds. The number of primary amides is 2. The lowest BCUT2D eigenvalue weighted by atomic mass is 9.99. The summed E-state index contributed by atoms with van der Waals surface area (Å²) < 4.78 is 0. The van der Waals surface area contributed by atoms with Crippen LogP contribution >= 0.6 is 0 Å². The first-order valence-corrected chi connectivity index (χ1v) is 19.9. The number of nitrogens with two attached hydrogens (primary N) is 3. The van der Waals surface area contributed by atoms with Crippen LogP contribution in [0.4, 0.5) is 0 Å². The maximum Gasteiger partial charge on any atom is 0.326 e. The zero-order valence-electron chi connectivity index (χ0n) is 33.8. The number of carboxylic acids is 1. The third-order valence-corrected chi connectivity index (χ3v) is 10.3. The van der Waals surface area contributed by atoms with E-state index in [1.54, 1.807) is 30.3 Å². The minimum atomic E-state index is -1.41. The smallest absolute Gasteiger partial charge is 0.326 e. The summed E-state index contributed by atoms with van der Waals surface area (Å²) >= 11 is 0. The van der Waals surface area contributed by atoms with E-state index in [2.05, 4.69) is 21.3 Å². The predicted molar refractivity (Wildman–Crippen MR) is 211 cm³/mol. The van der Waals surface area contributed by atoms with Crippen LogP contribution in [0.15, 0.2) is 30.3 Å². The first-order valence-electron chi connectivity index (χ1n) is 19.9. The number of hydrogen-bond donors (Lipinski definition) is 9. The molecule has 59 heavy (non-hydrogen) atoms. The van der Waals surface area contributed by atoms with Gasteiger partial charge in [0.1, 0.15) is 42.3 Å². The Labute approximate surface area is 342 Å². The fourth-order valence-corrected chi connectivity index (χ4v) is 7.13. The summed E-state index contributed by atoms with van der Waals surface area (Å²) in [5.74, 6) is -7.24. The monoisotopic (exact) mass is 829 g/mol. The van der Waals surface area contributed by atoms with Crippen molar-refractivity contribution in [2.24, 2.45) is 23.1 Å². The van der Waals surface area contributed by atoms with Crippen molar-refractivity contribution in [2.75, 3.05) is 13.1 Å². The van der Waals surface area contributed by atoms with E-state index in [1.807, 2.05) is 13.8 Å². The molecular formula is C39H59N9O11. The van der Waals surface area contributed by atoms with Gasteiger partial charge in [-0.1, -0.05) is 44.2 Å². The van der Waals surface area contributed by atoms with E-state index in [-0.39, 0.29) is 70.4 Å². The lowest BCUT2D eigenvalue weighted by Crippen LogP contribution is -2.60. The second-order valence-electron chi connectivity index (χ2n) is 15.6. The highest BCUT2D eigenvalue weighted by Crippen LogP contribution is 2.26. The molecule has 0 spiro atoms. The van der Waals surface area contributed by atoms with Crippen LogP contribution in [0.3, 0.4) is 0 Å². The molecule has 3 rings (SSSR count). The zero-order valence-corrected chi connectivity index (χ0v) is 33.8. The second kappa shape index (κ2) is 22.5. The number of benzene rings is 1. The summed E-state index contributed by atoms with van der Waals surface area (Å²) in [6, 6.07) is 0.194. The van der Waals surface area contributed by atoms with Crippen molar-refractivity contribution in [1.82, 2.24) is 31.1 Å². The van der Waals surface area contributed by atoms with Gasteiger partial charge in [-0.25, -0.2) is 4.79 Å². The summed E-state index contributed by atoms with van der Waals surface area (Å²) in [4.78, 5) is 120. The average molecular weight is 830 g/mol. The van der Waals surface area contributed by atoms with Gasteiger partial charge in [0, 0.05) is 32.4 Å². The van der Waals surface area contributed by atoms with Crippen LogP contribution in [0.5, 0.6) is 0 Å². The van der Waals surface area contributed by atoms with E-state index >= 15 is 0 Å². The quantitative estimate of drug-likeness (QED) is 0.0587. The van der Waals surface area contributed by atoms with Crippen molar-refractivity contribution in [1.29, 1.82) is 0 Å². The highest BCUT2D eigenvalue weighted by atomic mass is 16.4. The van der Waals surface area contributed by atoms with E-state index in [4.69, 9.17) is 17.2 Å². The number of aliphatic hydroxyl groups excluding tert-OH is 1. The molecule has 2 saturated heterocycles. The van der Waals surface area contributed by atoms with E-state index in [1.165, 1.54) is 16.7 Å². The summed E-state index contributed by atoms with van der Waals surface area (Å²) in [7, 11) is 0. The Kier molecular flexibility index (Phi) is 18.2. The van der Waals surface area contributed by atoms with Gasteiger partial charge in [0.2, 0.25) is 47.3 Å². The Hall–Kier alpha value is -5.63. The van der Waals surface area contributed by atoms with Crippen LogP contribution in [-0.4, -0.2) is 135 Å². The number of likely N-dealkylation sites (tertiary alicyclic amines) is 2. The van der Waals surface area contributed by atoms with Gasteiger partial charge in [-0.2, -0.15) is 0 Å². The van der Waals surface area contributed by atoms with Gasteiger partial charge in [0.15, 0.2) is 0 Å². The molecule has 0 aromatic heterocycles. The molecule has 1 aromatic rings. The molecule has 8 atom stereocenters. The van der Waals surface area contributed by atoms with E-state index in [0.717, 1.165) is 0 Å². The van der Waals surface area contributed by atoms with Crippen LogP contribution in [0, 0.1) is 5.92 Å². The van der Waals surface area contributed by atoms with E-state index in [0.29, 0.717) is 18.4 Å². The second-order valence-corrected chi connectivity index (χ2v) is 15.6. The Morgan fingerprint density at radius 2 is 1.24 bits per heavy atom. The van der Waals surface area contributed by atoms with Crippen molar-refractivity contribution in [2.45, 2.75) is 133 Å². The third-order valence-electron chi connectivity index (χ3n) is 10.3. The molecule has 0 bridgehead atoms. The molecule has 2 heterocycles. The number of nitrogens with one attached hydrogen (secondary N) is 4. The molecule has 2 aliphatic heterocycles. The Bertz CT molecular complexity index is 1690. The number of amides is 8. The molecular weight excluding hydrogens is 770 g/mol. The van der Waals surface area contributed by atoms with Gasteiger partial charge in [0.25, 0.3) is 0 Å². The van der Waals surface area contributed by atoms with Gasteiger partial charge in [-0.3, -0.25) is 38.4 Å². The molecule has 2 fully saturated rings. The summed E-state index contributed by atoms with van der Waals surface area (Å²) in [5, 5.41) is 29.6. The highest BCUT2D eigenvalue weighted by molar-refractivity contribution is 5.97. The molecule has 1 aromatic carbocycles. The Balaban J connectivity index is 1.86. The molecule has 20 heteroatoms. The first-order chi connectivity index (χ1) is 27.8. The van der Waals surface area contributed by atoms with Crippen LogP contribution in [0.1, 0.15) is 84.1 Å². The third kappa shape index (κ3) is 14.3. The normalized spacial score (nSPS) is 19.4. The van der Waals surface area contributed by atoms with Gasteiger partial charge in [-0.05, 0) is 63.4 Å². The van der Waals surface area contributed by atoms with Gasteiger partial charge in [0.05, 0.1) is 6.10 Å². The lowest BCUT2D eigenvalue weighted by molar-refractivity contribution is -0.149. The predicted octanol–water partition coefficient (Wildman–Crippen LogP) is -2.48. The zero-order chi connectivity index (χ0) is 44.0. The number of aliphatic hydroxyl groups is 1. The van der Waals surface area contributed by atoms with E-state index in [9.17, 15) is 53.4 Å². The van der Waals surface area contributed by atoms with Crippen molar-refractivity contribution in [3.05, 3.63) is 35.9 Å². The van der Waals surface area contributed by atoms with Crippen molar-refractivity contribution in [3.63, 3.8) is 0 Å². The van der Waals surface area contributed by atoms with Crippen LogP contribution in [0.2, 0.25) is 0 Å².